The standard InChI is InChI=1S/C15H17F3O/c1-2-9-5-3-4-6-10(9)15(19)11-7-8-12(16)14(18)13(11)17/h7-10H,2-6H2,1H3. The SMILES string of the molecule is CCC1CCCCC1C(=O)c1ccc(F)c(F)c1F. The summed E-state index contributed by atoms with van der Waals surface area (Å²) in [5.41, 5.74) is -0.316. The lowest BCUT2D eigenvalue weighted by Crippen LogP contribution is -2.27. The second-order valence-electron chi connectivity index (χ2n) is 5.15. The van der Waals surface area contributed by atoms with Crippen LogP contribution in [0.15, 0.2) is 12.1 Å². The summed E-state index contributed by atoms with van der Waals surface area (Å²) < 4.78 is 39.7. The molecule has 19 heavy (non-hydrogen) atoms. The maximum Gasteiger partial charge on any atom is 0.195 e. The zero-order chi connectivity index (χ0) is 14.0. The van der Waals surface area contributed by atoms with Crippen LogP contribution < -0.4 is 0 Å². The fraction of sp³-hybridized carbons (Fsp3) is 0.533. The molecular formula is C15H17F3O. The quantitative estimate of drug-likeness (QED) is 0.583. The molecule has 4 heteroatoms. The Hall–Kier alpha value is -1.32. The van der Waals surface area contributed by atoms with E-state index in [4.69, 9.17) is 0 Å². The second kappa shape index (κ2) is 5.76. The predicted octanol–water partition coefficient (Wildman–Crippen LogP) is 4.50. The van der Waals surface area contributed by atoms with Gasteiger partial charge in [0, 0.05) is 5.92 Å². The van der Waals surface area contributed by atoms with Gasteiger partial charge in [-0.25, -0.2) is 13.2 Å². The molecule has 0 amide bonds. The Kier molecular flexibility index (Phi) is 4.27. The average Bonchev–Trinajstić information content (AvgIpc) is 2.44. The molecule has 1 aliphatic carbocycles. The van der Waals surface area contributed by atoms with Crippen molar-refractivity contribution in [3.8, 4) is 0 Å². The van der Waals surface area contributed by atoms with Crippen LogP contribution in [-0.2, 0) is 0 Å². The number of carbonyl (C=O) groups is 1. The summed E-state index contributed by atoms with van der Waals surface area (Å²) in [4.78, 5) is 12.3. The van der Waals surface area contributed by atoms with Crippen LogP contribution >= 0.6 is 0 Å². The molecule has 0 radical (unpaired) electrons. The number of hydrogen-bond donors (Lipinski definition) is 0. The first-order valence-corrected chi connectivity index (χ1v) is 6.74. The van der Waals surface area contributed by atoms with Crippen molar-refractivity contribution in [2.75, 3.05) is 0 Å². The number of halogens is 3. The van der Waals surface area contributed by atoms with Crippen LogP contribution in [0.25, 0.3) is 0 Å². The topological polar surface area (TPSA) is 17.1 Å². The molecule has 0 N–H and O–H groups in total. The largest absolute Gasteiger partial charge is 0.294 e. The van der Waals surface area contributed by atoms with Crippen LogP contribution in [-0.4, -0.2) is 5.78 Å². The lowest BCUT2D eigenvalue weighted by Gasteiger charge is -2.29. The highest BCUT2D eigenvalue weighted by Crippen LogP contribution is 2.35. The van der Waals surface area contributed by atoms with E-state index < -0.39 is 17.5 Å². The highest BCUT2D eigenvalue weighted by atomic mass is 19.2. The van der Waals surface area contributed by atoms with Gasteiger partial charge in [-0.05, 0) is 30.9 Å². The third-order valence-electron chi connectivity index (χ3n) is 4.07. The Balaban J connectivity index is 2.31. The molecule has 1 aromatic carbocycles. The van der Waals surface area contributed by atoms with Gasteiger partial charge in [-0.3, -0.25) is 4.79 Å². The zero-order valence-electron chi connectivity index (χ0n) is 10.9. The Labute approximate surface area is 110 Å². The summed E-state index contributed by atoms with van der Waals surface area (Å²) in [6, 6.07) is 1.87. The molecule has 1 aromatic rings. The molecule has 0 heterocycles. The normalized spacial score (nSPS) is 23.4. The maximum atomic E-state index is 13.7. The van der Waals surface area contributed by atoms with Crippen molar-refractivity contribution in [3.05, 3.63) is 35.1 Å². The van der Waals surface area contributed by atoms with Gasteiger partial charge < -0.3 is 0 Å². The van der Waals surface area contributed by atoms with Crippen LogP contribution in [0.3, 0.4) is 0 Å². The minimum atomic E-state index is -1.56. The molecular weight excluding hydrogens is 253 g/mol. The van der Waals surface area contributed by atoms with Gasteiger partial charge in [-0.1, -0.05) is 26.2 Å². The van der Waals surface area contributed by atoms with Crippen molar-refractivity contribution >= 4 is 5.78 Å². The van der Waals surface area contributed by atoms with E-state index in [1.165, 1.54) is 0 Å². The number of Topliss-reactive ketones (excluding diaryl/α,β-unsaturated/α-hetero) is 1. The van der Waals surface area contributed by atoms with Crippen LogP contribution in [0.5, 0.6) is 0 Å². The van der Waals surface area contributed by atoms with Crippen molar-refractivity contribution in [1.82, 2.24) is 0 Å². The van der Waals surface area contributed by atoms with E-state index in [2.05, 4.69) is 0 Å². The third kappa shape index (κ3) is 2.67. The van der Waals surface area contributed by atoms with E-state index >= 15 is 0 Å². The Morgan fingerprint density at radius 3 is 2.53 bits per heavy atom. The maximum absolute atomic E-state index is 13.7. The first-order valence-electron chi connectivity index (χ1n) is 6.74. The fourth-order valence-corrected chi connectivity index (χ4v) is 2.96. The van der Waals surface area contributed by atoms with Crippen molar-refractivity contribution in [2.24, 2.45) is 11.8 Å². The van der Waals surface area contributed by atoms with Gasteiger partial charge in [0.05, 0.1) is 5.56 Å². The molecule has 2 unspecified atom stereocenters. The van der Waals surface area contributed by atoms with Gasteiger partial charge in [0.15, 0.2) is 23.2 Å². The smallest absolute Gasteiger partial charge is 0.195 e. The van der Waals surface area contributed by atoms with E-state index in [9.17, 15) is 18.0 Å². The van der Waals surface area contributed by atoms with Crippen molar-refractivity contribution in [3.63, 3.8) is 0 Å². The Bertz CT molecular complexity index is 485. The summed E-state index contributed by atoms with van der Waals surface area (Å²) in [6.45, 7) is 2.00. The van der Waals surface area contributed by atoms with E-state index in [-0.39, 0.29) is 23.2 Å². The molecule has 0 aliphatic heterocycles. The number of rotatable bonds is 3. The molecule has 0 aromatic heterocycles. The average molecular weight is 270 g/mol. The van der Waals surface area contributed by atoms with E-state index in [0.717, 1.165) is 37.8 Å². The highest BCUT2D eigenvalue weighted by Gasteiger charge is 2.32. The molecule has 2 rings (SSSR count). The van der Waals surface area contributed by atoms with E-state index in [1.807, 2.05) is 6.92 Å². The van der Waals surface area contributed by atoms with Gasteiger partial charge in [-0.15, -0.1) is 0 Å². The third-order valence-corrected chi connectivity index (χ3v) is 4.07. The molecule has 1 nitrogen and oxygen atoms in total. The molecule has 0 bridgehead atoms. The molecule has 1 aliphatic rings. The molecule has 0 saturated heterocycles. The van der Waals surface area contributed by atoms with E-state index in [1.54, 1.807) is 0 Å². The summed E-state index contributed by atoms with van der Waals surface area (Å²) in [6.07, 6.45) is 4.50. The lowest BCUT2D eigenvalue weighted by atomic mass is 9.74. The summed E-state index contributed by atoms with van der Waals surface area (Å²) in [5, 5.41) is 0. The van der Waals surface area contributed by atoms with Crippen molar-refractivity contribution in [2.45, 2.75) is 39.0 Å². The minimum Gasteiger partial charge on any atom is -0.294 e. The van der Waals surface area contributed by atoms with Crippen molar-refractivity contribution in [1.29, 1.82) is 0 Å². The fourth-order valence-electron chi connectivity index (χ4n) is 2.96. The summed E-state index contributed by atoms with van der Waals surface area (Å²) >= 11 is 0. The Morgan fingerprint density at radius 1 is 1.16 bits per heavy atom. The summed E-state index contributed by atoms with van der Waals surface area (Å²) in [7, 11) is 0. The minimum absolute atomic E-state index is 0.216. The molecule has 0 spiro atoms. The summed E-state index contributed by atoms with van der Waals surface area (Å²) in [5.74, 6) is -4.61. The second-order valence-corrected chi connectivity index (χ2v) is 5.15. The zero-order valence-corrected chi connectivity index (χ0v) is 10.9. The van der Waals surface area contributed by atoms with Gasteiger partial charge >= 0.3 is 0 Å². The Morgan fingerprint density at radius 2 is 1.84 bits per heavy atom. The van der Waals surface area contributed by atoms with Crippen LogP contribution in [0.2, 0.25) is 0 Å². The van der Waals surface area contributed by atoms with E-state index in [0.29, 0.717) is 6.42 Å². The van der Waals surface area contributed by atoms with Gasteiger partial charge in [0.1, 0.15) is 0 Å². The number of benzene rings is 1. The number of carbonyl (C=O) groups excluding carboxylic acids is 1. The van der Waals surface area contributed by atoms with Crippen LogP contribution in [0.4, 0.5) is 13.2 Å². The monoisotopic (exact) mass is 270 g/mol. The predicted molar refractivity (Wildman–Crippen MR) is 66.4 cm³/mol. The molecule has 1 fully saturated rings. The van der Waals surface area contributed by atoms with Crippen molar-refractivity contribution < 1.29 is 18.0 Å². The van der Waals surface area contributed by atoms with Gasteiger partial charge in [-0.2, -0.15) is 0 Å². The molecule has 104 valence electrons. The number of ketones is 1. The highest BCUT2D eigenvalue weighted by molar-refractivity contribution is 5.98. The molecule has 1 saturated carbocycles. The van der Waals surface area contributed by atoms with Gasteiger partial charge in [0.2, 0.25) is 0 Å². The van der Waals surface area contributed by atoms with Gasteiger partial charge in [0.25, 0.3) is 0 Å². The first kappa shape index (κ1) is 14.1. The lowest BCUT2D eigenvalue weighted by molar-refractivity contribution is 0.0814. The molecule has 2 atom stereocenters. The first-order chi connectivity index (χ1) is 9.06. The van der Waals surface area contributed by atoms with Crippen LogP contribution in [0.1, 0.15) is 49.4 Å². The van der Waals surface area contributed by atoms with Crippen LogP contribution in [0, 0.1) is 29.3 Å². The number of hydrogen-bond acceptors (Lipinski definition) is 1.